The first-order chi connectivity index (χ1) is 9.28. The first-order valence-corrected chi connectivity index (χ1v) is 7.67. The van der Waals surface area contributed by atoms with E-state index < -0.39 is 0 Å². The highest BCUT2D eigenvalue weighted by Crippen LogP contribution is 2.61. The fourth-order valence-electron chi connectivity index (χ4n) is 4.61. The van der Waals surface area contributed by atoms with Crippen molar-refractivity contribution in [3.05, 3.63) is 29.8 Å². The molecular formula is C17H23NO. The highest BCUT2D eigenvalue weighted by molar-refractivity contribution is 5.37. The summed E-state index contributed by atoms with van der Waals surface area (Å²) in [6, 6.07) is 8.53. The van der Waals surface area contributed by atoms with Crippen LogP contribution in [0.4, 0.5) is 0 Å². The summed E-state index contributed by atoms with van der Waals surface area (Å²) in [6.45, 7) is 1.16. The van der Waals surface area contributed by atoms with E-state index in [0.717, 1.165) is 30.6 Å². The van der Waals surface area contributed by atoms with Crippen molar-refractivity contribution in [1.82, 2.24) is 5.32 Å². The Labute approximate surface area is 115 Å². The molecular weight excluding hydrogens is 234 g/mol. The molecule has 0 radical (unpaired) electrons. The number of nitrogens with one attached hydrogen (secondary N) is 1. The van der Waals surface area contributed by atoms with Crippen LogP contribution in [0.15, 0.2) is 24.3 Å². The van der Waals surface area contributed by atoms with Gasteiger partial charge in [0.1, 0.15) is 11.9 Å². The van der Waals surface area contributed by atoms with E-state index in [1.54, 1.807) is 0 Å². The average molecular weight is 257 g/mol. The molecule has 2 fully saturated rings. The van der Waals surface area contributed by atoms with E-state index in [1.807, 2.05) is 0 Å². The molecule has 1 aromatic rings. The van der Waals surface area contributed by atoms with Gasteiger partial charge in [0.15, 0.2) is 0 Å². The first kappa shape index (κ1) is 11.8. The summed E-state index contributed by atoms with van der Waals surface area (Å²) in [6.07, 6.45) is 7.09. The molecule has 3 aliphatic rings. The molecule has 2 nitrogen and oxygen atoms in total. The fourth-order valence-corrected chi connectivity index (χ4v) is 4.61. The minimum absolute atomic E-state index is 0.406. The summed E-state index contributed by atoms with van der Waals surface area (Å²) in [5.74, 6) is 3.20. The highest BCUT2D eigenvalue weighted by atomic mass is 16.5. The molecule has 102 valence electrons. The molecule has 2 heteroatoms. The van der Waals surface area contributed by atoms with Crippen LogP contribution in [0.25, 0.3) is 0 Å². The Balaban J connectivity index is 1.46. The van der Waals surface area contributed by atoms with Crippen LogP contribution in [0.2, 0.25) is 0 Å². The zero-order valence-corrected chi connectivity index (χ0v) is 11.7. The molecule has 4 rings (SSSR count). The first-order valence-electron chi connectivity index (χ1n) is 7.67. The van der Waals surface area contributed by atoms with Crippen molar-refractivity contribution in [2.45, 2.75) is 38.2 Å². The summed E-state index contributed by atoms with van der Waals surface area (Å²) in [5.41, 5.74) is 1.91. The van der Waals surface area contributed by atoms with E-state index in [4.69, 9.17) is 4.74 Å². The molecule has 1 N–H and O–H groups in total. The molecule has 3 unspecified atom stereocenters. The molecule has 0 aromatic heterocycles. The van der Waals surface area contributed by atoms with Gasteiger partial charge in [0.2, 0.25) is 0 Å². The minimum Gasteiger partial charge on any atom is -0.490 e. The van der Waals surface area contributed by atoms with Crippen LogP contribution in [-0.4, -0.2) is 19.7 Å². The Morgan fingerprint density at radius 2 is 2.05 bits per heavy atom. The molecule has 19 heavy (non-hydrogen) atoms. The Hall–Kier alpha value is -1.02. The van der Waals surface area contributed by atoms with Gasteiger partial charge >= 0.3 is 0 Å². The van der Waals surface area contributed by atoms with Crippen LogP contribution in [0.3, 0.4) is 0 Å². The Morgan fingerprint density at radius 3 is 2.79 bits per heavy atom. The van der Waals surface area contributed by atoms with Crippen LogP contribution >= 0.6 is 0 Å². The smallest absolute Gasteiger partial charge is 0.123 e. The zero-order chi connectivity index (χ0) is 12.9. The number of benzene rings is 1. The number of hydrogen-bond acceptors (Lipinski definition) is 2. The van der Waals surface area contributed by atoms with Crippen LogP contribution in [0.1, 0.15) is 31.2 Å². The molecule has 3 atom stereocenters. The van der Waals surface area contributed by atoms with Crippen molar-refractivity contribution in [2.24, 2.45) is 17.3 Å². The standard InChI is InChI=1S/C17H23NO/c1-18-11-17(8-13-6-14(13)9-17)10-15-7-12-4-2-3-5-16(12)19-15/h2-5,13-15,18H,6-11H2,1H3. The van der Waals surface area contributed by atoms with Gasteiger partial charge < -0.3 is 10.1 Å². The number of para-hydroxylation sites is 1. The molecule has 0 spiro atoms. The third-order valence-corrected chi connectivity index (χ3v) is 5.39. The molecule has 0 bridgehead atoms. The molecule has 1 aliphatic heterocycles. The maximum absolute atomic E-state index is 6.16. The van der Waals surface area contributed by atoms with Crippen molar-refractivity contribution >= 4 is 0 Å². The van der Waals surface area contributed by atoms with Crippen molar-refractivity contribution in [3.8, 4) is 5.75 Å². The van der Waals surface area contributed by atoms with Gasteiger partial charge in [-0.3, -0.25) is 0 Å². The predicted molar refractivity (Wildman–Crippen MR) is 76.4 cm³/mol. The van der Waals surface area contributed by atoms with Crippen molar-refractivity contribution in [3.63, 3.8) is 0 Å². The van der Waals surface area contributed by atoms with E-state index >= 15 is 0 Å². The zero-order valence-electron chi connectivity index (χ0n) is 11.7. The lowest BCUT2D eigenvalue weighted by Crippen LogP contribution is -2.36. The maximum Gasteiger partial charge on any atom is 0.123 e. The molecule has 0 saturated heterocycles. The maximum atomic E-state index is 6.16. The lowest BCUT2D eigenvalue weighted by molar-refractivity contribution is 0.126. The summed E-state index contributed by atoms with van der Waals surface area (Å²) in [7, 11) is 2.09. The summed E-state index contributed by atoms with van der Waals surface area (Å²) in [5, 5.41) is 3.43. The molecule has 2 aliphatic carbocycles. The van der Waals surface area contributed by atoms with Gasteiger partial charge in [-0.1, -0.05) is 18.2 Å². The fraction of sp³-hybridized carbons (Fsp3) is 0.647. The quantitative estimate of drug-likeness (QED) is 0.895. The average Bonchev–Trinajstić information content (AvgIpc) is 2.85. The van der Waals surface area contributed by atoms with Gasteiger partial charge in [0.05, 0.1) is 0 Å². The third-order valence-electron chi connectivity index (χ3n) is 5.39. The van der Waals surface area contributed by atoms with E-state index in [1.165, 1.54) is 31.2 Å². The lowest BCUT2D eigenvalue weighted by atomic mass is 9.77. The monoisotopic (exact) mass is 257 g/mol. The molecule has 2 saturated carbocycles. The van der Waals surface area contributed by atoms with Crippen LogP contribution in [-0.2, 0) is 6.42 Å². The molecule has 1 heterocycles. The number of fused-ring (bicyclic) bond motifs is 2. The second-order valence-corrected chi connectivity index (χ2v) is 6.95. The van der Waals surface area contributed by atoms with E-state index in [9.17, 15) is 0 Å². The number of hydrogen-bond donors (Lipinski definition) is 1. The SMILES string of the molecule is CNCC1(CC2Cc3ccccc3O2)CC2CC2C1. The van der Waals surface area contributed by atoms with Gasteiger partial charge in [-0.05, 0) is 61.6 Å². The number of rotatable bonds is 4. The third kappa shape index (κ3) is 2.06. The Morgan fingerprint density at radius 1 is 1.26 bits per heavy atom. The summed E-state index contributed by atoms with van der Waals surface area (Å²) < 4.78 is 6.16. The number of ether oxygens (including phenoxy) is 1. The highest BCUT2D eigenvalue weighted by Gasteiger charge is 2.54. The van der Waals surface area contributed by atoms with E-state index in [2.05, 4.69) is 36.6 Å². The van der Waals surface area contributed by atoms with Gasteiger partial charge in [-0.25, -0.2) is 0 Å². The van der Waals surface area contributed by atoms with Gasteiger partial charge in [0.25, 0.3) is 0 Å². The van der Waals surface area contributed by atoms with Crippen LogP contribution in [0, 0.1) is 17.3 Å². The van der Waals surface area contributed by atoms with Gasteiger partial charge in [-0.15, -0.1) is 0 Å². The van der Waals surface area contributed by atoms with Crippen LogP contribution < -0.4 is 10.1 Å². The largest absolute Gasteiger partial charge is 0.490 e. The van der Waals surface area contributed by atoms with Gasteiger partial charge in [0, 0.05) is 13.0 Å². The van der Waals surface area contributed by atoms with Crippen LogP contribution in [0.5, 0.6) is 5.75 Å². The molecule has 1 aromatic carbocycles. The Kier molecular flexibility index (Phi) is 2.63. The molecule has 0 amide bonds. The second kappa shape index (κ2) is 4.24. The normalized spacial score (nSPS) is 38.7. The summed E-state index contributed by atoms with van der Waals surface area (Å²) in [4.78, 5) is 0. The second-order valence-electron chi connectivity index (χ2n) is 6.95. The van der Waals surface area contributed by atoms with Crippen molar-refractivity contribution in [1.29, 1.82) is 0 Å². The van der Waals surface area contributed by atoms with E-state index in [0.29, 0.717) is 11.5 Å². The Bertz CT molecular complexity index is 449. The van der Waals surface area contributed by atoms with Crippen molar-refractivity contribution in [2.75, 3.05) is 13.6 Å². The topological polar surface area (TPSA) is 21.3 Å². The summed E-state index contributed by atoms with van der Waals surface area (Å²) >= 11 is 0. The lowest BCUT2D eigenvalue weighted by Gasteiger charge is -2.33. The predicted octanol–water partition coefficient (Wildman–Crippen LogP) is 3.02. The van der Waals surface area contributed by atoms with E-state index in [-0.39, 0.29) is 0 Å². The minimum atomic E-state index is 0.406. The van der Waals surface area contributed by atoms with Gasteiger partial charge in [-0.2, -0.15) is 0 Å². The van der Waals surface area contributed by atoms with Crippen molar-refractivity contribution < 1.29 is 4.74 Å².